The third-order valence-electron chi connectivity index (χ3n) is 2.85. The van der Waals surface area contributed by atoms with Crippen molar-refractivity contribution in [3.8, 4) is 16.3 Å². The van der Waals surface area contributed by atoms with E-state index in [0.29, 0.717) is 11.4 Å². The minimum atomic E-state index is -1.14. The molecule has 0 amide bonds. The summed E-state index contributed by atoms with van der Waals surface area (Å²) in [7, 11) is 0. The SMILES string of the molecule is O=C(O)c1cc(-c2cccs2)n(-c2ccc(Cl)c(F)c2)n1. The van der Waals surface area contributed by atoms with Crippen LogP contribution < -0.4 is 0 Å². The molecule has 0 aliphatic rings. The molecule has 3 rings (SSSR count). The lowest BCUT2D eigenvalue weighted by Gasteiger charge is -2.06. The molecule has 7 heteroatoms. The van der Waals surface area contributed by atoms with Gasteiger partial charge in [0.1, 0.15) is 5.82 Å². The number of halogens is 2. The van der Waals surface area contributed by atoms with Crippen molar-refractivity contribution in [1.29, 1.82) is 0 Å². The molecule has 3 aromatic rings. The molecule has 2 aromatic heterocycles. The van der Waals surface area contributed by atoms with Crippen molar-refractivity contribution in [3.05, 3.63) is 58.3 Å². The Bertz CT molecular complexity index is 815. The van der Waals surface area contributed by atoms with E-state index < -0.39 is 11.8 Å². The zero-order valence-corrected chi connectivity index (χ0v) is 12.0. The van der Waals surface area contributed by atoms with Crippen LogP contribution >= 0.6 is 22.9 Å². The summed E-state index contributed by atoms with van der Waals surface area (Å²) in [6, 6.07) is 9.36. The van der Waals surface area contributed by atoms with Gasteiger partial charge in [0.05, 0.1) is 21.3 Å². The molecule has 0 bridgehead atoms. The number of benzene rings is 1. The number of nitrogens with zero attached hydrogens (tertiary/aromatic N) is 2. The monoisotopic (exact) mass is 322 g/mol. The van der Waals surface area contributed by atoms with Crippen LogP contribution in [-0.2, 0) is 0 Å². The van der Waals surface area contributed by atoms with E-state index in [2.05, 4.69) is 5.10 Å². The van der Waals surface area contributed by atoms with E-state index in [0.717, 1.165) is 4.88 Å². The molecule has 1 aromatic carbocycles. The number of hydrogen-bond donors (Lipinski definition) is 1. The van der Waals surface area contributed by atoms with Crippen LogP contribution in [0.3, 0.4) is 0 Å². The second kappa shape index (κ2) is 5.31. The second-order valence-corrected chi connectivity index (χ2v) is 5.56. The number of rotatable bonds is 3. The van der Waals surface area contributed by atoms with Gasteiger partial charge in [-0.1, -0.05) is 17.7 Å². The summed E-state index contributed by atoms with van der Waals surface area (Å²) >= 11 is 7.11. The molecule has 0 aliphatic heterocycles. The third-order valence-corrected chi connectivity index (χ3v) is 4.05. The molecule has 0 radical (unpaired) electrons. The van der Waals surface area contributed by atoms with Gasteiger partial charge >= 0.3 is 5.97 Å². The van der Waals surface area contributed by atoms with E-state index >= 15 is 0 Å². The zero-order valence-electron chi connectivity index (χ0n) is 10.5. The molecule has 106 valence electrons. The number of thiophene rings is 1. The van der Waals surface area contributed by atoms with Gasteiger partial charge in [-0.15, -0.1) is 11.3 Å². The Morgan fingerprint density at radius 3 is 2.76 bits per heavy atom. The molecule has 0 spiro atoms. The van der Waals surface area contributed by atoms with Gasteiger partial charge in [-0.05, 0) is 23.6 Å². The summed E-state index contributed by atoms with van der Waals surface area (Å²) in [5, 5.41) is 15.0. The van der Waals surface area contributed by atoms with Crippen LogP contribution in [0.25, 0.3) is 16.3 Å². The first-order chi connectivity index (χ1) is 10.1. The van der Waals surface area contributed by atoms with Crippen LogP contribution in [0.15, 0.2) is 41.8 Å². The number of aromatic nitrogens is 2. The minimum absolute atomic E-state index is 0.00189. The van der Waals surface area contributed by atoms with Crippen molar-refractivity contribution in [3.63, 3.8) is 0 Å². The fourth-order valence-corrected chi connectivity index (χ4v) is 2.74. The van der Waals surface area contributed by atoms with Crippen molar-refractivity contribution >= 4 is 28.9 Å². The fraction of sp³-hybridized carbons (Fsp3) is 0. The van der Waals surface area contributed by atoms with Gasteiger partial charge in [0, 0.05) is 12.1 Å². The normalized spacial score (nSPS) is 10.8. The summed E-state index contributed by atoms with van der Waals surface area (Å²) in [6.07, 6.45) is 0. The van der Waals surface area contributed by atoms with Crippen LogP contribution in [0.4, 0.5) is 4.39 Å². The Morgan fingerprint density at radius 2 is 2.14 bits per heavy atom. The maximum Gasteiger partial charge on any atom is 0.356 e. The standard InChI is InChI=1S/C14H8ClFN2O2S/c15-9-4-3-8(6-10(9)16)18-12(13-2-1-5-21-13)7-11(17-18)14(19)20/h1-7H,(H,19,20). The largest absolute Gasteiger partial charge is 0.476 e. The number of carboxylic acid groups (broad SMARTS) is 1. The zero-order chi connectivity index (χ0) is 15.0. The van der Waals surface area contributed by atoms with Crippen LogP contribution in [0, 0.1) is 5.82 Å². The third kappa shape index (κ3) is 2.55. The quantitative estimate of drug-likeness (QED) is 0.790. The highest BCUT2D eigenvalue weighted by Crippen LogP contribution is 2.29. The highest BCUT2D eigenvalue weighted by atomic mass is 35.5. The smallest absolute Gasteiger partial charge is 0.356 e. The van der Waals surface area contributed by atoms with Crippen molar-refractivity contribution in [2.45, 2.75) is 0 Å². The van der Waals surface area contributed by atoms with E-state index in [1.807, 2.05) is 17.5 Å². The lowest BCUT2D eigenvalue weighted by molar-refractivity contribution is 0.0690. The van der Waals surface area contributed by atoms with E-state index in [1.165, 1.54) is 34.2 Å². The van der Waals surface area contributed by atoms with E-state index in [1.54, 1.807) is 6.07 Å². The molecule has 21 heavy (non-hydrogen) atoms. The van der Waals surface area contributed by atoms with Gasteiger partial charge in [0.15, 0.2) is 5.69 Å². The average molecular weight is 323 g/mol. The highest BCUT2D eigenvalue weighted by molar-refractivity contribution is 7.13. The van der Waals surface area contributed by atoms with Crippen molar-refractivity contribution in [2.75, 3.05) is 0 Å². The lowest BCUT2D eigenvalue weighted by atomic mass is 10.2. The van der Waals surface area contributed by atoms with Gasteiger partial charge in [0.2, 0.25) is 0 Å². The molecule has 0 saturated heterocycles. The number of aromatic carboxylic acids is 1. The lowest BCUT2D eigenvalue weighted by Crippen LogP contribution is -2.02. The Morgan fingerprint density at radius 1 is 1.33 bits per heavy atom. The Kier molecular flexibility index (Phi) is 3.48. The van der Waals surface area contributed by atoms with Gasteiger partial charge < -0.3 is 5.11 Å². The number of carbonyl (C=O) groups is 1. The summed E-state index contributed by atoms with van der Waals surface area (Å²) < 4.78 is 15.0. The van der Waals surface area contributed by atoms with E-state index in [4.69, 9.17) is 16.7 Å². The Labute approximate surface area is 128 Å². The second-order valence-electron chi connectivity index (χ2n) is 4.21. The molecule has 4 nitrogen and oxygen atoms in total. The van der Waals surface area contributed by atoms with E-state index in [-0.39, 0.29) is 10.7 Å². The van der Waals surface area contributed by atoms with Gasteiger partial charge in [-0.2, -0.15) is 5.10 Å². The molecule has 0 fully saturated rings. The molecule has 0 atom stereocenters. The average Bonchev–Trinajstić information content (AvgIpc) is 3.09. The fourth-order valence-electron chi connectivity index (χ4n) is 1.90. The summed E-state index contributed by atoms with van der Waals surface area (Å²) in [6.45, 7) is 0. The van der Waals surface area contributed by atoms with Gasteiger partial charge in [-0.3, -0.25) is 0 Å². The predicted octanol–water partition coefficient (Wildman–Crippen LogP) is 4.09. The molecule has 0 aliphatic carbocycles. The molecular formula is C14H8ClFN2O2S. The summed E-state index contributed by atoms with van der Waals surface area (Å²) in [5.41, 5.74) is 0.894. The molecule has 0 saturated carbocycles. The maximum atomic E-state index is 13.6. The molecule has 2 heterocycles. The molecular weight excluding hydrogens is 315 g/mol. The number of hydrogen-bond acceptors (Lipinski definition) is 3. The highest BCUT2D eigenvalue weighted by Gasteiger charge is 2.17. The first-order valence-corrected chi connectivity index (χ1v) is 7.14. The van der Waals surface area contributed by atoms with Crippen LogP contribution in [0.2, 0.25) is 5.02 Å². The summed E-state index contributed by atoms with van der Waals surface area (Å²) in [4.78, 5) is 12.0. The first-order valence-electron chi connectivity index (χ1n) is 5.89. The van der Waals surface area contributed by atoms with Gasteiger partial charge in [-0.25, -0.2) is 13.9 Å². The maximum absolute atomic E-state index is 13.6. The number of carboxylic acids is 1. The van der Waals surface area contributed by atoms with Crippen LogP contribution in [-0.4, -0.2) is 20.9 Å². The topological polar surface area (TPSA) is 55.1 Å². The van der Waals surface area contributed by atoms with Crippen molar-refractivity contribution in [1.82, 2.24) is 9.78 Å². The van der Waals surface area contributed by atoms with Crippen LogP contribution in [0.1, 0.15) is 10.5 Å². The van der Waals surface area contributed by atoms with Crippen LogP contribution in [0.5, 0.6) is 0 Å². The van der Waals surface area contributed by atoms with Crippen molar-refractivity contribution < 1.29 is 14.3 Å². The van der Waals surface area contributed by atoms with E-state index in [9.17, 15) is 9.18 Å². The van der Waals surface area contributed by atoms with Crippen molar-refractivity contribution in [2.24, 2.45) is 0 Å². The molecule has 0 unspecified atom stereocenters. The summed E-state index contributed by atoms with van der Waals surface area (Å²) in [5.74, 6) is -1.72. The Hall–Kier alpha value is -2.18. The predicted molar refractivity (Wildman–Crippen MR) is 78.8 cm³/mol. The first kappa shape index (κ1) is 13.8. The Balaban J connectivity index is 2.20. The molecule has 1 N–H and O–H groups in total. The van der Waals surface area contributed by atoms with Gasteiger partial charge in [0.25, 0.3) is 0 Å². The minimum Gasteiger partial charge on any atom is -0.476 e.